The Morgan fingerprint density at radius 2 is 1.68 bits per heavy atom. The van der Waals surface area contributed by atoms with E-state index < -0.39 is 8.24 Å². The molecule has 0 bridgehead atoms. The summed E-state index contributed by atoms with van der Waals surface area (Å²) in [6.45, 7) is 6.95. The van der Waals surface area contributed by atoms with Crippen LogP contribution in [0.3, 0.4) is 0 Å². The highest BCUT2D eigenvalue weighted by Gasteiger charge is 2.37. The molecule has 2 aromatic rings. The van der Waals surface area contributed by atoms with Crippen LogP contribution in [0, 0.1) is 0 Å². The van der Waals surface area contributed by atoms with E-state index in [9.17, 15) is 0 Å². The quantitative estimate of drug-likeness (QED) is 0.723. The largest absolute Gasteiger partial charge is 0.344 e. The Hall–Kier alpha value is -1.20. The molecule has 0 unspecified atom stereocenters. The summed E-state index contributed by atoms with van der Waals surface area (Å²) < 4.78 is 6.70. The molecule has 0 saturated carbocycles. The molecule has 2 rings (SSSR count). The van der Waals surface area contributed by atoms with Gasteiger partial charge in [0, 0.05) is 17.2 Å². The predicted octanol–water partition coefficient (Wildman–Crippen LogP) is 4.68. The fourth-order valence-corrected chi connectivity index (χ4v) is 7.44. The molecule has 102 valence electrons. The van der Waals surface area contributed by atoms with E-state index in [1.165, 1.54) is 35.4 Å². The molecular formula is C14H21N3SSi. The lowest BCUT2D eigenvalue weighted by Crippen LogP contribution is -2.49. The van der Waals surface area contributed by atoms with Gasteiger partial charge in [0.1, 0.15) is 6.33 Å². The molecule has 0 spiro atoms. The number of anilines is 2. The third-order valence-corrected chi connectivity index (χ3v) is 10.2. The van der Waals surface area contributed by atoms with Gasteiger partial charge in [0.2, 0.25) is 5.13 Å². The van der Waals surface area contributed by atoms with Gasteiger partial charge in [-0.3, -0.25) is 0 Å². The third kappa shape index (κ3) is 2.72. The Bertz CT molecular complexity index is 474. The normalized spacial score (nSPS) is 11.5. The smallest absolute Gasteiger partial charge is 0.201 e. The molecule has 1 heterocycles. The van der Waals surface area contributed by atoms with E-state index in [2.05, 4.69) is 65.0 Å². The van der Waals surface area contributed by atoms with Gasteiger partial charge in [0.25, 0.3) is 0 Å². The Morgan fingerprint density at radius 3 is 2.16 bits per heavy atom. The number of benzene rings is 1. The number of aromatic nitrogens is 2. The first-order valence-corrected chi connectivity index (χ1v) is 10.2. The number of para-hydroxylation sites is 1. The van der Waals surface area contributed by atoms with Crippen LogP contribution in [0.4, 0.5) is 10.8 Å². The van der Waals surface area contributed by atoms with Crippen molar-refractivity contribution in [3.63, 3.8) is 0 Å². The fourth-order valence-electron chi connectivity index (χ4n) is 2.65. The van der Waals surface area contributed by atoms with Gasteiger partial charge in [-0.2, -0.15) is 4.37 Å². The highest BCUT2D eigenvalue weighted by atomic mass is 32.1. The minimum atomic E-state index is -1.55. The molecule has 3 nitrogen and oxygen atoms in total. The van der Waals surface area contributed by atoms with E-state index in [0.29, 0.717) is 0 Å². The molecule has 0 amide bonds. The minimum absolute atomic E-state index is 1.04. The van der Waals surface area contributed by atoms with Gasteiger partial charge in [-0.25, -0.2) is 4.98 Å². The topological polar surface area (TPSA) is 29.0 Å². The van der Waals surface area contributed by atoms with Crippen molar-refractivity contribution < 1.29 is 0 Å². The van der Waals surface area contributed by atoms with Crippen LogP contribution >= 0.6 is 11.5 Å². The molecule has 0 radical (unpaired) electrons. The second-order valence-electron chi connectivity index (χ2n) is 4.68. The molecule has 5 heteroatoms. The molecule has 0 N–H and O–H groups in total. The van der Waals surface area contributed by atoms with Crippen molar-refractivity contribution in [2.75, 3.05) is 4.57 Å². The zero-order valence-electron chi connectivity index (χ0n) is 11.8. The Labute approximate surface area is 120 Å². The first kappa shape index (κ1) is 14.2. The van der Waals surface area contributed by atoms with Gasteiger partial charge < -0.3 is 4.57 Å². The predicted molar refractivity (Wildman–Crippen MR) is 85.7 cm³/mol. The maximum absolute atomic E-state index is 4.47. The van der Waals surface area contributed by atoms with Crippen molar-refractivity contribution in [2.24, 2.45) is 0 Å². The van der Waals surface area contributed by atoms with E-state index >= 15 is 0 Å². The van der Waals surface area contributed by atoms with Crippen LogP contribution in [0.2, 0.25) is 18.1 Å². The van der Waals surface area contributed by atoms with Crippen LogP contribution in [0.25, 0.3) is 0 Å². The molecule has 1 aromatic heterocycles. The lowest BCUT2D eigenvalue weighted by atomic mass is 10.3. The molecule has 1 aromatic carbocycles. The lowest BCUT2D eigenvalue weighted by Gasteiger charge is -2.40. The van der Waals surface area contributed by atoms with Crippen LogP contribution in [-0.4, -0.2) is 17.6 Å². The number of rotatable bonds is 6. The molecule has 0 fully saturated rings. The Kier molecular flexibility index (Phi) is 4.71. The van der Waals surface area contributed by atoms with E-state index in [1.54, 1.807) is 6.33 Å². The zero-order chi connectivity index (χ0) is 13.7. The SMILES string of the molecule is CC[Si](CC)(CC)N(c1ccccc1)c1ncns1. The summed E-state index contributed by atoms with van der Waals surface area (Å²) in [5.41, 5.74) is 1.26. The van der Waals surface area contributed by atoms with Crippen molar-refractivity contribution in [2.45, 2.75) is 38.9 Å². The Morgan fingerprint density at radius 1 is 1.05 bits per heavy atom. The summed E-state index contributed by atoms with van der Waals surface area (Å²) in [6, 6.07) is 14.3. The van der Waals surface area contributed by atoms with Crippen molar-refractivity contribution in [3.8, 4) is 0 Å². The van der Waals surface area contributed by atoms with E-state index in [4.69, 9.17) is 0 Å². The van der Waals surface area contributed by atoms with Gasteiger partial charge in [0.05, 0.1) is 0 Å². The van der Waals surface area contributed by atoms with Crippen molar-refractivity contribution in [1.29, 1.82) is 0 Å². The monoisotopic (exact) mass is 291 g/mol. The zero-order valence-corrected chi connectivity index (χ0v) is 13.7. The van der Waals surface area contributed by atoms with Crippen molar-refractivity contribution in [1.82, 2.24) is 9.36 Å². The highest BCUT2D eigenvalue weighted by Crippen LogP contribution is 2.37. The number of hydrogen-bond donors (Lipinski definition) is 0. The standard InChI is InChI=1S/C14H21N3SSi/c1-4-19(5-2,6-3)17(14-15-12-16-18-14)13-10-8-7-9-11-13/h7-12H,4-6H2,1-3H3. The van der Waals surface area contributed by atoms with E-state index in [-0.39, 0.29) is 0 Å². The molecule has 0 atom stereocenters. The van der Waals surface area contributed by atoms with Gasteiger partial charge in [-0.15, -0.1) is 0 Å². The first-order valence-electron chi connectivity index (χ1n) is 6.89. The lowest BCUT2D eigenvalue weighted by molar-refractivity contribution is 1.09. The van der Waals surface area contributed by atoms with Gasteiger partial charge >= 0.3 is 0 Å². The molecule has 19 heavy (non-hydrogen) atoms. The van der Waals surface area contributed by atoms with Crippen LogP contribution in [0.5, 0.6) is 0 Å². The molecule has 0 saturated heterocycles. The van der Waals surface area contributed by atoms with E-state index in [0.717, 1.165) is 5.13 Å². The molecule has 0 aliphatic rings. The van der Waals surface area contributed by atoms with Gasteiger partial charge in [-0.05, 0) is 30.3 Å². The molecule has 0 aliphatic heterocycles. The van der Waals surface area contributed by atoms with Crippen LogP contribution in [-0.2, 0) is 0 Å². The minimum Gasteiger partial charge on any atom is -0.344 e. The first-order chi connectivity index (χ1) is 9.27. The average Bonchev–Trinajstić information content (AvgIpc) is 2.99. The molecule has 0 aliphatic carbocycles. The van der Waals surface area contributed by atoms with Crippen LogP contribution in [0.1, 0.15) is 20.8 Å². The summed E-state index contributed by atoms with van der Waals surface area (Å²) in [7, 11) is -1.55. The van der Waals surface area contributed by atoms with Crippen molar-refractivity contribution in [3.05, 3.63) is 36.7 Å². The maximum Gasteiger partial charge on any atom is 0.201 e. The number of hydrogen-bond acceptors (Lipinski definition) is 4. The third-order valence-electron chi connectivity index (χ3n) is 4.00. The highest BCUT2D eigenvalue weighted by molar-refractivity contribution is 7.11. The van der Waals surface area contributed by atoms with Crippen molar-refractivity contribution >= 4 is 30.6 Å². The summed E-state index contributed by atoms with van der Waals surface area (Å²) in [5, 5.41) is 1.04. The summed E-state index contributed by atoms with van der Waals surface area (Å²) in [5.74, 6) is 0. The fraction of sp³-hybridized carbons (Fsp3) is 0.429. The second kappa shape index (κ2) is 6.30. The summed E-state index contributed by atoms with van der Waals surface area (Å²) in [4.78, 5) is 4.47. The van der Waals surface area contributed by atoms with Crippen LogP contribution in [0.15, 0.2) is 36.7 Å². The maximum atomic E-state index is 4.47. The Balaban J connectivity index is 2.52. The van der Waals surface area contributed by atoms with Gasteiger partial charge in [0.15, 0.2) is 8.24 Å². The number of nitrogens with zero attached hydrogens (tertiary/aromatic N) is 3. The second-order valence-corrected chi connectivity index (χ2v) is 10.5. The molecular weight excluding hydrogens is 270 g/mol. The summed E-state index contributed by atoms with van der Waals surface area (Å²) in [6.07, 6.45) is 1.66. The van der Waals surface area contributed by atoms with Gasteiger partial charge in [-0.1, -0.05) is 39.0 Å². The van der Waals surface area contributed by atoms with Crippen LogP contribution < -0.4 is 4.57 Å². The summed E-state index contributed by atoms with van der Waals surface area (Å²) >= 11 is 1.50. The average molecular weight is 291 g/mol. The van der Waals surface area contributed by atoms with E-state index in [1.807, 2.05) is 0 Å².